The summed E-state index contributed by atoms with van der Waals surface area (Å²) in [5, 5.41) is 7.71. The second-order valence-electron chi connectivity index (χ2n) is 6.23. The number of urea groups is 1. The average Bonchev–Trinajstić information content (AvgIpc) is 2.67. The Morgan fingerprint density at radius 3 is 2.63 bits per heavy atom. The lowest BCUT2D eigenvalue weighted by Gasteiger charge is -2.07. The molecule has 136 valence electrons. The van der Waals surface area contributed by atoms with Gasteiger partial charge in [-0.15, -0.1) is 0 Å². The van der Waals surface area contributed by atoms with E-state index in [1.807, 2.05) is 74.5 Å². The highest BCUT2D eigenvalue weighted by Gasteiger charge is 2.02. The van der Waals surface area contributed by atoms with E-state index in [4.69, 9.17) is 4.74 Å². The molecule has 2 N–H and O–H groups in total. The number of carbonyl (C=O) groups excluding carboxylic acids is 1. The Balaban J connectivity index is 1.45. The van der Waals surface area contributed by atoms with Crippen LogP contribution in [-0.2, 0) is 0 Å². The van der Waals surface area contributed by atoms with Gasteiger partial charge < -0.3 is 15.4 Å². The van der Waals surface area contributed by atoms with E-state index in [0.717, 1.165) is 27.8 Å². The summed E-state index contributed by atoms with van der Waals surface area (Å²) in [6.45, 7) is 4.58. The van der Waals surface area contributed by atoms with Gasteiger partial charge in [0.1, 0.15) is 12.4 Å². The maximum atomic E-state index is 11.9. The van der Waals surface area contributed by atoms with Gasteiger partial charge in [0.05, 0.1) is 6.54 Å². The van der Waals surface area contributed by atoms with E-state index >= 15 is 0 Å². The first kappa shape index (κ1) is 18.3. The molecule has 0 aromatic heterocycles. The smallest absolute Gasteiger partial charge is 0.319 e. The summed E-state index contributed by atoms with van der Waals surface area (Å²) in [6, 6.07) is 19.5. The Morgan fingerprint density at radius 1 is 0.963 bits per heavy atom. The van der Waals surface area contributed by atoms with E-state index < -0.39 is 0 Å². The highest BCUT2D eigenvalue weighted by atomic mass is 16.5. The van der Waals surface area contributed by atoms with Crippen LogP contribution in [0.15, 0.2) is 60.7 Å². The SMILES string of the molecule is Cc1ccc(NC(=O)NCC#CCOc2cccc3ccccc23)cc1C. The van der Waals surface area contributed by atoms with Gasteiger partial charge >= 0.3 is 6.03 Å². The van der Waals surface area contributed by atoms with Gasteiger partial charge in [0, 0.05) is 11.1 Å². The predicted molar refractivity (Wildman–Crippen MR) is 110 cm³/mol. The predicted octanol–water partition coefficient (Wildman–Crippen LogP) is 4.66. The van der Waals surface area contributed by atoms with Crippen LogP contribution in [0.3, 0.4) is 0 Å². The van der Waals surface area contributed by atoms with Gasteiger partial charge in [-0.3, -0.25) is 0 Å². The monoisotopic (exact) mass is 358 g/mol. The first-order chi connectivity index (χ1) is 13.1. The standard InChI is InChI=1S/C23H22N2O2/c1-17-12-13-20(16-18(17)2)25-23(26)24-14-5-6-15-27-22-11-7-9-19-8-3-4-10-21(19)22/h3-4,7-13,16H,14-15H2,1-2H3,(H2,24,25,26). The number of anilines is 1. The molecule has 0 fully saturated rings. The van der Waals surface area contributed by atoms with Crippen molar-refractivity contribution in [1.29, 1.82) is 0 Å². The number of carbonyl (C=O) groups is 1. The van der Waals surface area contributed by atoms with Crippen LogP contribution in [0.2, 0.25) is 0 Å². The quantitative estimate of drug-likeness (QED) is 0.667. The fraction of sp³-hybridized carbons (Fsp3) is 0.174. The lowest BCUT2D eigenvalue weighted by atomic mass is 10.1. The number of amides is 2. The van der Waals surface area contributed by atoms with Crippen LogP contribution in [0.1, 0.15) is 11.1 Å². The Bertz CT molecular complexity index is 1010. The molecule has 0 spiro atoms. The molecule has 0 aliphatic carbocycles. The third-order valence-electron chi connectivity index (χ3n) is 4.28. The van der Waals surface area contributed by atoms with E-state index in [0.29, 0.717) is 0 Å². The van der Waals surface area contributed by atoms with Crippen molar-refractivity contribution in [1.82, 2.24) is 5.32 Å². The minimum Gasteiger partial charge on any atom is -0.480 e. The molecule has 4 heteroatoms. The first-order valence-electron chi connectivity index (χ1n) is 8.82. The van der Waals surface area contributed by atoms with Crippen LogP contribution in [0.5, 0.6) is 5.75 Å². The van der Waals surface area contributed by atoms with E-state index in [1.165, 1.54) is 5.56 Å². The zero-order chi connectivity index (χ0) is 19.1. The molecule has 0 radical (unpaired) electrons. The number of benzene rings is 3. The molecule has 0 heterocycles. The minimum atomic E-state index is -0.275. The van der Waals surface area contributed by atoms with Crippen LogP contribution >= 0.6 is 0 Å². The fourth-order valence-electron chi connectivity index (χ4n) is 2.67. The number of ether oxygens (including phenoxy) is 1. The Kier molecular flexibility index (Phi) is 5.96. The van der Waals surface area contributed by atoms with E-state index in [2.05, 4.69) is 22.5 Å². The van der Waals surface area contributed by atoms with E-state index in [9.17, 15) is 4.79 Å². The fourth-order valence-corrected chi connectivity index (χ4v) is 2.67. The molecule has 4 nitrogen and oxygen atoms in total. The van der Waals surface area contributed by atoms with Crippen LogP contribution in [-0.4, -0.2) is 19.2 Å². The van der Waals surface area contributed by atoms with Crippen LogP contribution < -0.4 is 15.4 Å². The summed E-state index contributed by atoms with van der Waals surface area (Å²) in [4.78, 5) is 11.9. The molecule has 0 atom stereocenters. The van der Waals surface area contributed by atoms with Gasteiger partial charge in [0.25, 0.3) is 0 Å². The number of nitrogens with one attached hydrogen (secondary N) is 2. The van der Waals surface area contributed by atoms with Gasteiger partial charge in [-0.1, -0.05) is 54.3 Å². The van der Waals surface area contributed by atoms with Crippen molar-refractivity contribution in [3.63, 3.8) is 0 Å². The largest absolute Gasteiger partial charge is 0.480 e. The van der Waals surface area contributed by atoms with Gasteiger partial charge in [-0.25, -0.2) is 4.79 Å². The second kappa shape index (κ2) is 8.77. The van der Waals surface area contributed by atoms with Gasteiger partial charge in [-0.05, 0) is 48.6 Å². The summed E-state index contributed by atoms with van der Waals surface area (Å²) >= 11 is 0. The summed E-state index contributed by atoms with van der Waals surface area (Å²) in [5.41, 5.74) is 3.10. The van der Waals surface area contributed by atoms with Crippen LogP contribution in [0, 0.1) is 25.7 Å². The maximum Gasteiger partial charge on any atom is 0.319 e. The Labute approximate surface area is 159 Å². The van der Waals surface area contributed by atoms with Crippen molar-refractivity contribution >= 4 is 22.5 Å². The number of rotatable bonds is 4. The Hall–Kier alpha value is -3.45. The third kappa shape index (κ3) is 5.02. The summed E-state index contributed by atoms with van der Waals surface area (Å²) in [5.74, 6) is 6.62. The molecule has 3 rings (SSSR count). The molecular formula is C23H22N2O2. The Morgan fingerprint density at radius 2 is 1.78 bits per heavy atom. The van der Waals surface area contributed by atoms with Gasteiger partial charge in [-0.2, -0.15) is 0 Å². The lowest BCUT2D eigenvalue weighted by Crippen LogP contribution is -2.29. The number of aryl methyl sites for hydroxylation is 2. The topological polar surface area (TPSA) is 50.4 Å². The molecule has 2 amide bonds. The molecule has 0 saturated heterocycles. The molecule has 0 bridgehead atoms. The normalized spacial score (nSPS) is 10.0. The first-order valence-corrected chi connectivity index (χ1v) is 8.82. The molecule has 3 aromatic carbocycles. The highest BCUT2D eigenvalue weighted by molar-refractivity contribution is 5.89. The van der Waals surface area contributed by atoms with Gasteiger partial charge in [0.2, 0.25) is 0 Å². The van der Waals surface area contributed by atoms with Crippen molar-refractivity contribution in [3.8, 4) is 17.6 Å². The van der Waals surface area contributed by atoms with Crippen LogP contribution in [0.4, 0.5) is 10.5 Å². The zero-order valence-corrected chi connectivity index (χ0v) is 15.5. The average molecular weight is 358 g/mol. The molecule has 0 aliphatic rings. The number of fused-ring (bicyclic) bond motifs is 1. The van der Waals surface area contributed by atoms with Crippen molar-refractivity contribution in [3.05, 3.63) is 71.8 Å². The maximum absolute atomic E-state index is 11.9. The molecule has 3 aromatic rings. The van der Waals surface area contributed by atoms with Crippen molar-refractivity contribution in [2.24, 2.45) is 0 Å². The van der Waals surface area contributed by atoms with E-state index in [1.54, 1.807) is 0 Å². The summed E-state index contributed by atoms with van der Waals surface area (Å²) < 4.78 is 5.74. The van der Waals surface area contributed by atoms with E-state index in [-0.39, 0.29) is 19.2 Å². The minimum absolute atomic E-state index is 0.259. The summed E-state index contributed by atoms with van der Waals surface area (Å²) in [7, 11) is 0. The molecule has 0 saturated carbocycles. The number of hydrogen-bond acceptors (Lipinski definition) is 2. The molecule has 27 heavy (non-hydrogen) atoms. The van der Waals surface area contributed by atoms with Crippen molar-refractivity contribution in [2.45, 2.75) is 13.8 Å². The second-order valence-corrected chi connectivity index (χ2v) is 6.23. The van der Waals surface area contributed by atoms with Gasteiger partial charge in [0.15, 0.2) is 0 Å². The molecule has 0 aliphatic heterocycles. The van der Waals surface area contributed by atoms with Crippen molar-refractivity contribution < 1.29 is 9.53 Å². The molecule has 0 unspecified atom stereocenters. The third-order valence-corrected chi connectivity index (χ3v) is 4.28. The molecular weight excluding hydrogens is 336 g/mol. The summed E-state index contributed by atoms with van der Waals surface area (Å²) in [6.07, 6.45) is 0. The number of hydrogen-bond donors (Lipinski definition) is 2. The lowest BCUT2D eigenvalue weighted by molar-refractivity contribution is 0.253. The van der Waals surface area contributed by atoms with Crippen LogP contribution in [0.25, 0.3) is 10.8 Å². The highest BCUT2D eigenvalue weighted by Crippen LogP contribution is 2.24. The zero-order valence-electron chi connectivity index (χ0n) is 15.5. The van der Waals surface area contributed by atoms with Crippen molar-refractivity contribution in [2.75, 3.05) is 18.5 Å².